The summed E-state index contributed by atoms with van der Waals surface area (Å²) < 4.78 is 0. The molecule has 0 amide bonds. The maximum atomic E-state index is 6.18. The molecule has 0 aliphatic rings. The minimum Gasteiger partial charge on any atom is -0.341 e. The van der Waals surface area contributed by atoms with Crippen molar-refractivity contribution in [1.82, 2.24) is 9.97 Å². The number of hydrogen-bond acceptors (Lipinski definition) is 2. The Morgan fingerprint density at radius 2 is 1.86 bits per heavy atom. The molecule has 108 valence electrons. The van der Waals surface area contributed by atoms with Gasteiger partial charge in [-0.15, -0.1) is 0 Å². The molecular formula is C18H21N3. The van der Waals surface area contributed by atoms with Gasteiger partial charge in [-0.1, -0.05) is 50.2 Å². The number of hydrogen-bond donors (Lipinski definition) is 2. The summed E-state index contributed by atoms with van der Waals surface area (Å²) in [5.74, 6) is 1.43. The fourth-order valence-corrected chi connectivity index (χ4v) is 2.65. The Labute approximate surface area is 125 Å². The molecule has 1 unspecified atom stereocenters. The lowest BCUT2D eigenvalue weighted by molar-refractivity contribution is 0.496. The van der Waals surface area contributed by atoms with Crippen LogP contribution in [0.1, 0.15) is 32.1 Å². The molecule has 1 heterocycles. The monoisotopic (exact) mass is 279 g/mol. The van der Waals surface area contributed by atoms with Gasteiger partial charge in [0.2, 0.25) is 0 Å². The number of nitrogens with one attached hydrogen (secondary N) is 1. The predicted octanol–water partition coefficient (Wildman–Crippen LogP) is 4.28. The Morgan fingerprint density at radius 1 is 1.10 bits per heavy atom. The normalized spacial score (nSPS) is 13.0. The van der Waals surface area contributed by atoms with Crippen molar-refractivity contribution >= 4 is 10.8 Å². The first-order chi connectivity index (χ1) is 10.1. The van der Waals surface area contributed by atoms with Crippen LogP contribution in [0.2, 0.25) is 0 Å². The molecule has 2 aromatic carbocycles. The van der Waals surface area contributed by atoms with E-state index in [1.54, 1.807) is 0 Å². The number of rotatable bonds is 4. The molecule has 0 saturated carbocycles. The number of aromatic amines is 1. The van der Waals surface area contributed by atoms with Crippen molar-refractivity contribution in [2.45, 2.75) is 26.3 Å². The molecule has 1 atom stereocenters. The standard InChI is InChI=1S/C18H21N3/c1-12(2)9-16(19)18-20-11-17(21-18)15-8-7-13-5-3-4-6-14(13)10-15/h3-8,10-12,16H,9,19H2,1-2H3,(H,20,21). The summed E-state index contributed by atoms with van der Waals surface area (Å²) in [4.78, 5) is 7.81. The molecule has 3 nitrogen and oxygen atoms in total. The number of nitrogens with two attached hydrogens (primary N) is 1. The molecule has 0 saturated heterocycles. The maximum Gasteiger partial charge on any atom is 0.123 e. The van der Waals surface area contributed by atoms with Gasteiger partial charge in [0.15, 0.2) is 0 Å². The molecule has 0 radical (unpaired) electrons. The molecule has 0 aliphatic carbocycles. The van der Waals surface area contributed by atoms with Gasteiger partial charge in [0.05, 0.1) is 17.9 Å². The van der Waals surface area contributed by atoms with Crippen LogP contribution in [-0.4, -0.2) is 9.97 Å². The molecule has 3 heteroatoms. The molecule has 0 aliphatic heterocycles. The molecule has 1 aromatic heterocycles. The average Bonchev–Trinajstić information content (AvgIpc) is 2.96. The van der Waals surface area contributed by atoms with E-state index in [1.165, 1.54) is 10.8 Å². The van der Waals surface area contributed by atoms with Crippen molar-refractivity contribution in [2.24, 2.45) is 11.7 Å². The Hall–Kier alpha value is -2.13. The van der Waals surface area contributed by atoms with Crippen molar-refractivity contribution < 1.29 is 0 Å². The first-order valence-electron chi connectivity index (χ1n) is 7.43. The minimum absolute atomic E-state index is 0.0285. The van der Waals surface area contributed by atoms with E-state index in [0.717, 1.165) is 23.5 Å². The highest BCUT2D eigenvalue weighted by atomic mass is 15.0. The summed E-state index contributed by atoms with van der Waals surface area (Å²) in [5.41, 5.74) is 8.35. The van der Waals surface area contributed by atoms with Gasteiger partial charge in [0.1, 0.15) is 5.82 Å². The van der Waals surface area contributed by atoms with Crippen LogP contribution in [-0.2, 0) is 0 Å². The van der Waals surface area contributed by atoms with E-state index in [4.69, 9.17) is 5.73 Å². The second-order valence-corrected chi connectivity index (χ2v) is 5.98. The molecule has 0 spiro atoms. The van der Waals surface area contributed by atoms with Crippen LogP contribution in [0.25, 0.3) is 22.0 Å². The summed E-state index contributed by atoms with van der Waals surface area (Å²) in [7, 11) is 0. The Morgan fingerprint density at radius 3 is 2.62 bits per heavy atom. The number of benzene rings is 2. The second-order valence-electron chi connectivity index (χ2n) is 5.98. The Balaban J connectivity index is 1.90. The number of aromatic nitrogens is 2. The molecular weight excluding hydrogens is 258 g/mol. The number of nitrogens with zero attached hydrogens (tertiary/aromatic N) is 1. The van der Waals surface area contributed by atoms with Crippen LogP contribution in [0.5, 0.6) is 0 Å². The van der Waals surface area contributed by atoms with Gasteiger partial charge in [-0.25, -0.2) is 4.98 Å². The fourth-order valence-electron chi connectivity index (χ4n) is 2.65. The third-order valence-electron chi connectivity index (χ3n) is 3.73. The maximum absolute atomic E-state index is 6.18. The lowest BCUT2D eigenvalue weighted by Crippen LogP contribution is -2.14. The lowest BCUT2D eigenvalue weighted by atomic mass is 10.0. The van der Waals surface area contributed by atoms with E-state index in [-0.39, 0.29) is 6.04 Å². The number of fused-ring (bicyclic) bond motifs is 1. The van der Waals surface area contributed by atoms with Crippen LogP contribution in [0.15, 0.2) is 48.7 Å². The van der Waals surface area contributed by atoms with E-state index in [1.807, 2.05) is 6.20 Å². The predicted molar refractivity (Wildman–Crippen MR) is 87.9 cm³/mol. The van der Waals surface area contributed by atoms with Crippen molar-refractivity contribution in [1.29, 1.82) is 0 Å². The van der Waals surface area contributed by atoms with E-state index < -0.39 is 0 Å². The zero-order chi connectivity index (χ0) is 14.8. The first kappa shape index (κ1) is 13.8. The zero-order valence-electron chi connectivity index (χ0n) is 12.5. The molecule has 3 aromatic rings. The van der Waals surface area contributed by atoms with Gasteiger partial charge in [0.25, 0.3) is 0 Å². The van der Waals surface area contributed by atoms with Crippen molar-refractivity contribution in [2.75, 3.05) is 0 Å². The highest BCUT2D eigenvalue weighted by Gasteiger charge is 2.12. The summed E-state index contributed by atoms with van der Waals surface area (Å²) >= 11 is 0. The largest absolute Gasteiger partial charge is 0.341 e. The van der Waals surface area contributed by atoms with Crippen molar-refractivity contribution in [3.05, 3.63) is 54.5 Å². The first-order valence-corrected chi connectivity index (χ1v) is 7.43. The average molecular weight is 279 g/mol. The van der Waals surface area contributed by atoms with Crippen molar-refractivity contribution in [3.8, 4) is 11.3 Å². The third kappa shape index (κ3) is 2.98. The zero-order valence-corrected chi connectivity index (χ0v) is 12.5. The van der Waals surface area contributed by atoms with Gasteiger partial charge >= 0.3 is 0 Å². The molecule has 21 heavy (non-hydrogen) atoms. The van der Waals surface area contributed by atoms with Crippen molar-refractivity contribution in [3.63, 3.8) is 0 Å². The summed E-state index contributed by atoms with van der Waals surface area (Å²) in [6.45, 7) is 4.35. The van der Waals surface area contributed by atoms with E-state index >= 15 is 0 Å². The van der Waals surface area contributed by atoms with Crippen LogP contribution < -0.4 is 5.73 Å². The minimum atomic E-state index is -0.0285. The number of imidazole rings is 1. The quantitative estimate of drug-likeness (QED) is 0.749. The third-order valence-corrected chi connectivity index (χ3v) is 3.73. The lowest BCUT2D eigenvalue weighted by Gasteiger charge is -2.11. The van der Waals surface area contributed by atoms with Gasteiger partial charge in [-0.3, -0.25) is 0 Å². The van der Waals surface area contributed by atoms with Gasteiger partial charge in [0, 0.05) is 5.56 Å². The van der Waals surface area contributed by atoms with Crippen LogP contribution in [0.3, 0.4) is 0 Å². The SMILES string of the molecule is CC(C)CC(N)c1ncc(-c2ccc3ccccc3c2)[nH]1. The number of H-pyrrole nitrogens is 1. The van der Waals surface area contributed by atoms with Crippen LogP contribution >= 0.6 is 0 Å². The highest BCUT2D eigenvalue weighted by Crippen LogP contribution is 2.25. The summed E-state index contributed by atoms with van der Waals surface area (Å²) in [6, 6.07) is 14.8. The smallest absolute Gasteiger partial charge is 0.123 e. The molecule has 0 fully saturated rings. The fraction of sp³-hybridized carbons (Fsp3) is 0.278. The van der Waals surface area contributed by atoms with Gasteiger partial charge in [-0.2, -0.15) is 0 Å². The molecule has 0 bridgehead atoms. The van der Waals surface area contributed by atoms with Crippen LogP contribution in [0.4, 0.5) is 0 Å². The Bertz CT molecular complexity index is 743. The van der Waals surface area contributed by atoms with E-state index in [0.29, 0.717) is 5.92 Å². The second kappa shape index (κ2) is 5.70. The van der Waals surface area contributed by atoms with E-state index in [2.05, 4.69) is 66.3 Å². The topological polar surface area (TPSA) is 54.7 Å². The molecule has 3 N–H and O–H groups in total. The van der Waals surface area contributed by atoms with Gasteiger partial charge in [-0.05, 0) is 29.2 Å². The molecule has 3 rings (SSSR count). The van der Waals surface area contributed by atoms with E-state index in [9.17, 15) is 0 Å². The summed E-state index contributed by atoms with van der Waals surface area (Å²) in [6.07, 6.45) is 2.81. The highest BCUT2D eigenvalue weighted by molar-refractivity contribution is 5.86. The van der Waals surface area contributed by atoms with Gasteiger partial charge < -0.3 is 10.7 Å². The Kier molecular flexibility index (Phi) is 3.76. The van der Waals surface area contributed by atoms with Crippen LogP contribution in [0, 0.1) is 5.92 Å². The summed E-state index contributed by atoms with van der Waals surface area (Å²) in [5, 5.41) is 2.48.